The van der Waals surface area contributed by atoms with Crippen LogP contribution in [-0.2, 0) is 65.4 Å². The number of aliphatic hydroxyl groups excluding tert-OH is 1. The lowest BCUT2D eigenvalue weighted by molar-refractivity contribution is -0.161. The van der Waals surface area contributed by atoms with Crippen LogP contribution < -0.4 is 0 Å². The molecule has 0 fully saturated rings. The highest BCUT2D eigenvalue weighted by atomic mass is 31.2. The molecule has 0 saturated heterocycles. The zero-order valence-corrected chi connectivity index (χ0v) is 57.0. The molecule has 506 valence electrons. The predicted octanol–water partition coefficient (Wildman–Crippen LogP) is 18.2. The number of ether oxygens (including phenoxy) is 4. The van der Waals surface area contributed by atoms with Gasteiger partial charge in [0.25, 0.3) is 0 Å². The first-order chi connectivity index (χ1) is 41.3. The second-order valence-electron chi connectivity index (χ2n) is 24.5. The monoisotopic (exact) mass is 1260 g/mol. The Hall–Kier alpha value is -2.46. The normalized spacial score (nSPS) is 15.1. The average Bonchev–Trinajstić information content (AvgIpc) is 3.65. The topological polar surface area (TPSA) is 237 Å². The van der Waals surface area contributed by atoms with Gasteiger partial charge in [0, 0.05) is 25.7 Å². The highest BCUT2D eigenvalue weighted by Crippen LogP contribution is 2.45. The average molecular weight is 1270 g/mol. The lowest BCUT2D eigenvalue weighted by atomic mass is 9.99. The summed E-state index contributed by atoms with van der Waals surface area (Å²) in [5, 5.41) is 10.5. The molecule has 0 amide bonds. The predicted molar refractivity (Wildman–Crippen MR) is 344 cm³/mol. The summed E-state index contributed by atoms with van der Waals surface area (Å²) in [6.07, 6.45) is 42.7. The minimum atomic E-state index is -4.96. The summed E-state index contributed by atoms with van der Waals surface area (Å²) in [7, 11) is -9.91. The molecule has 3 N–H and O–H groups in total. The zero-order chi connectivity index (χ0) is 63.8. The van der Waals surface area contributed by atoms with Crippen molar-refractivity contribution in [3.05, 3.63) is 24.3 Å². The van der Waals surface area contributed by atoms with Gasteiger partial charge < -0.3 is 33.8 Å². The SMILES string of the molecule is CCCCCC/C=C\C=C/CCCCCCCC(=O)O[C@H](COC(=O)CCCCCCCCCCC(C)CC)COP(=O)(O)OC[C@@H](O)COP(=O)(O)OC[C@@H](COC(=O)CCCCCCCCC(C)C)OC(=O)CCCCCCCCC(C)CC. The van der Waals surface area contributed by atoms with Gasteiger partial charge in [0.05, 0.1) is 26.4 Å². The third-order valence-corrected chi connectivity index (χ3v) is 17.4. The van der Waals surface area contributed by atoms with Crippen molar-refractivity contribution in [2.45, 2.75) is 324 Å². The number of phosphoric ester groups is 2. The molecule has 7 atom stereocenters. The first kappa shape index (κ1) is 83.5. The van der Waals surface area contributed by atoms with Gasteiger partial charge >= 0.3 is 39.5 Å². The van der Waals surface area contributed by atoms with E-state index in [2.05, 4.69) is 72.8 Å². The first-order valence-electron chi connectivity index (χ1n) is 34.2. The number of allylic oxidation sites excluding steroid dienone is 4. The van der Waals surface area contributed by atoms with Crippen molar-refractivity contribution < 1.29 is 80.2 Å². The number of esters is 4. The van der Waals surface area contributed by atoms with Crippen LogP contribution in [0.1, 0.15) is 305 Å². The summed E-state index contributed by atoms with van der Waals surface area (Å²) in [6.45, 7) is 11.6. The van der Waals surface area contributed by atoms with Gasteiger partial charge in [-0.15, -0.1) is 0 Å². The van der Waals surface area contributed by atoms with Crippen LogP contribution in [0.5, 0.6) is 0 Å². The largest absolute Gasteiger partial charge is 0.472 e. The van der Waals surface area contributed by atoms with E-state index in [0.29, 0.717) is 31.6 Å². The van der Waals surface area contributed by atoms with Crippen molar-refractivity contribution in [1.29, 1.82) is 0 Å². The zero-order valence-electron chi connectivity index (χ0n) is 55.3. The summed E-state index contributed by atoms with van der Waals surface area (Å²) >= 11 is 0. The van der Waals surface area contributed by atoms with Gasteiger partial charge in [-0.2, -0.15) is 0 Å². The fourth-order valence-corrected chi connectivity index (χ4v) is 11.0. The van der Waals surface area contributed by atoms with Crippen molar-refractivity contribution in [3.8, 4) is 0 Å². The number of hydrogen-bond donors (Lipinski definition) is 3. The van der Waals surface area contributed by atoms with Gasteiger partial charge in [0.1, 0.15) is 19.3 Å². The molecule has 0 saturated carbocycles. The quantitative estimate of drug-likeness (QED) is 0.0169. The third-order valence-electron chi connectivity index (χ3n) is 15.5. The molecule has 0 bridgehead atoms. The molecule has 0 heterocycles. The smallest absolute Gasteiger partial charge is 0.462 e. The molecule has 0 rings (SSSR count). The van der Waals surface area contributed by atoms with E-state index in [4.69, 9.17) is 37.0 Å². The van der Waals surface area contributed by atoms with E-state index in [9.17, 15) is 43.2 Å². The molecule has 0 aromatic rings. The Labute approximate surface area is 522 Å². The fraction of sp³-hybridized carbons (Fsp3) is 0.881. The molecule has 0 aromatic heterocycles. The van der Waals surface area contributed by atoms with E-state index in [1.165, 1.54) is 96.3 Å². The molecule has 19 heteroatoms. The molecule has 86 heavy (non-hydrogen) atoms. The van der Waals surface area contributed by atoms with Crippen molar-refractivity contribution in [1.82, 2.24) is 0 Å². The Morgan fingerprint density at radius 3 is 1.03 bits per heavy atom. The van der Waals surface area contributed by atoms with Crippen LogP contribution >= 0.6 is 15.6 Å². The van der Waals surface area contributed by atoms with Gasteiger partial charge in [-0.05, 0) is 69.1 Å². The van der Waals surface area contributed by atoms with Crippen molar-refractivity contribution >= 4 is 39.5 Å². The summed E-state index contributed by atoms with van der Waals surface area (Å²) in [5.41, 5.74) is 0. The maximum absolute atomic E-state index is 13.0. The number of carbonyl (C=O) groups excluding carboxylic acids is 4. The number of rotatable bonds is 63. The van der Waals surface area contributed by atoms with Crippen LogP contribution in [0.25, 0.3) is 0 Å². The van der Waals surface area contributed by atoms with E-state index in [0.717, 1.165) is 121 Å². The Morgan fingerprint density at radius 2 is 0.686 bits per heavy atom. The van der Waals surface area contributed by atoms with Crippen LogP contribution in [0.2, 0.25) is 0 Å². The molecule has 0 spiro atoms. The summed E-state index contributed by atoms with van der Waals surface area (Å²) in [4.78, 5) is 72.3. The van der Waals surface area contributed by atoms with Gasteiger partial charge in [-0.25, -0.2) is 9.13 Å². The molecule has 0 aromatic carbocycles. The molecule has 0 aliphatic heterocycles. The van der Waals surface area contributed by atoms with Crippen molar-refractivity contribution in [3.63, 3.8) is 0 Å². The highest BCUT2D eigenvalue weighted by molar-refractivity contribution is 7.47. The van der Waals surface area contributed by atoms with Gasteiger partial charge in [0.15, 0.2) is 12.2 Å². The van der Waals surface area contributed by atoms with Gasteiger partial charge in [-0.3, -0.25) is 37.3 Å². The maximum Gasteiger partial charge on any atom is 0.472 e. The summed E-state index contributed by atoms with van der Waals surface area (Å²) in [5.74, 6) is 0.00361. The van der Waals surface area contributed by atoms with E-state index in [-0.39, 0.29) is 25.7 Å². The second kappa shape index (κ2) is 57.7. The van der Waals surface area contributed by atoms with Crippen LogP contribution in [-0.4, -0.2) is 96.7 Å². The number of aliphatic hydroxyl groups is 1. The van der Waals surface area contributed by atoms with Crippen molar-refractivity contribution in [2.24, 2.45) is 17.8 Å². The Balaban J connectivity index is 5.29. The van der Waals surface area contributed by atoms with E-state index in [1.807, 2.05) is 0 Å². The molecule has 0 radical (unpaired) electrons. The molecule has 0 aliphatic rings. The lowest BCUT2D eigenvalue weighted by Crippen LogP contribution is -2.30. The van der Waals surface area contributed by atoms with Gasteiger partial charge in [0.2, 0.25) is 0 Å². The minimum Gasteiger partial charge on any atom is -0.462 e. The molecule has 4 unspecified atom stereocenters. The van der Waals surface area contributed by atoms with Crippen LogP contribution in [0.15, 0.2) is 24.3 Å². The third kappa shape index (κ3) is 57.9. The van der Waals surface area contributed by atoms with E-state index >= 15 is 0 Å². The fourth-order valence-electron chi connectivity index (χ4n) is 9.41. The summed E-state index contributed by atoms with van der Waals surface area (Å²) < 4.78 is 68.0. The number of hydrogen-bond acceptors (Lipinski definition) is 15. The van der Waals surface area contributed by atoms with Crippen molar-refractivity contribution in [2.75, 3.05) is 39.6 Å². The summed E-state index contributed by atoms with van der Waals surface area (Å²) in [6, 6.07) is 0. The Bertz CT molecular complexity index is 1800. The second-order valence-corrected chi connectivity index (χ2v) is 27.4. The number of unbranched alkanes of at least 4 members (excludes halogenated alkanes) is 26. The highest BCUT2D eigenvalue weighted by Gasteiger charge is 2.30. The Morgan fingerprint density at radius 1 is 0.384 bits per heavy atom. The number of phosphoric acid groups is 2. The minimum absolute atomic E-state index is 0.0838. The van der Waals surface area contributed by atoms with Crippen LogP contribution in [0, 0.1) is 17.8 Å². The van der Waals surface area contributed by atoms with E-state index < -0.39 is 97.5 Å². The molecule has 0 aliphatic carbocycles. The standard InChI is InChI=1S/C67H126O17P2/c1-8-11-12-13-14-15-16-17-18-19-20-21-26-36-43-50-66(71)83-62(54-77-64(69)48-41-34-25-23-22-24-32-39-46-59(6)9-2)56-81-85(73,74)79-52-61(68)53-80-86(75,76)82-57-63(55-78-65(70)49-42-35-29-27-31-38-45-58(4)5)84-67(72)51-44-37-30-28-33-40-47-60(7)10-3/h15-18,58-63,68H,8-14,19-57H2,1-7H3,(H,73,74)(H,75,76)/b16-15-,18-17-/t59?,60?,61-,62-,63-/m1/s1. The number of carbonyl (C=O) groups is 4. The Kier molecular flexibility index (Phi) is 56.0. The molecular formula is C67H126O17P2. The van der Waals surface area contributed by atoms with Crippen LogP contribution in [0.3, 0.4) is 0 Å². The molecule has 17 nitrogen and oxygen atoms in total. The molecular weight excluding hydrogens is 1140 g/mol. The van der Waals surface area contributed by atoms with Crippen LogP contribution in [0.4, 0.5) is 0 Å². The van der Waals surface area contributed by atoms with E-state index in [1.54, 1.807) is 0 Å². The maximum atomic E-state index is 13.0. The van der Waals surface area contributed by atoms with Gasteiger partial charge in [-0.1, -0.05) is 253 Å². The lowest BCUT2D eigenvalue weighted by Gasteiger charge is -2.21. The first-order valence-corrected chi connectivity index (χ1v) is 37.2.